The molecule has 0 aliphatic rings. The normalized spacial score (nSPS) is 10.5. The van der Waals surface area contributed by atoms with Crippen molar-refractivity contribution in [2.24, 2.45) is 0 Å². The number of halogens is 4. The molecule has 3 amide bonds. The number of hydrogen-bond donors (Lipinski definition) is 2. The van der Waals surface area contributed by atoms with Crippen LogP contribution in [0.3, 0.4) is 0 Å². The fraction of sp³-hybridized carbons (Fsp3) is 0.0476. The number of imide groups is 1. The van der Waals surface area contributed by atoms with E-state index in [9.17, 15) is 18.4 Å². The number of anilines is 1. The van der Waals surface area contributed by atoms with Crippen LogP contribution in [0.5, 0.6) is 17.2 Å². The van der Waals surface area contributed by atoms with Crippen LogP contribution in [0.15, 0.2) is 66.7 Å². The molecule has 31 heavy (non-hydrogen) atoms. The summed E-state index contributed by atoms with van der Waals surface area (Å²) in [6, 6.07) is 15.5. The van der Waals surface area contributed by atoms with Gasteiger partial charge in [0.1, 0.15) is 17.2 Å². The number of alkyl halides is 2. The molecule has 0 spiro atoms. The first-order chi connectivity index (χ1) is 14.8. The quantitative estimate of drug-likeness (QED) is 0.443. The van der Waals surface area contributed by atoms with Crippen molar-refractivity contribution in [3.63, 3.8) is 0 Å². The summed E-state index contributed by atoms with van der Waals surface area (Å²) in [6.07, 6.45) is 0. The van der Waals surface area contributed by atoms with E-state index in [1.54, 1.807) is 12.1 Å². The number of amides is 3. The van der Waals surface area contributed by atoms with Gasteiger partial charge in [-0.2, -0.15) is 8.78 Å². The lowest BCUT2D eigenvalue weighted by atomic mass is 10.2. The maximum Gasteiger partial charge on any atom is 0.387 e. The lowest BCUT2D eigenvalue weighted by Crippen LogP contribution is -2.34. The van der Waals surface area contributed by atoms with Crippen LogP contribution in [0.4, 0.5) is 19.3 Å². The number of benzene rings is 3. The second-order valence-electron chi connectivity index (χ2n) is 5.99. The minimum absolute atomic E-state index is 0.00894. The number of nitrogens with one attached hydrogen (secondary N) is 2. The molecule has 6 nitrogen and oxygen atoms in total. The lowest BCUT2D eigenvalue weighted by Gasteiger charge is -2.11. The van der Waals surface area contributed by atoms with Gasteiger partial charge in [0.2, 0.25) is 0 Å². The highest BCUT2D eigenvalue weighted by Crippen LogP contribution is 2.32. The number of urea groups is 1. The molecule has 2 N–H and O–H groups in total. The average Bonchev–Trinajstić information content (AvgIpc) is 2.71. The molecule has 10 heteroatoms. The third-order valence-corrected chi connectivity index (χ3v) is 4.44. The predicted octanol–water partition coefficient (Wildman–Crippen LogP) is 6.35. The maximum atomic E-state index is 12.2. The lowest BCUT2D eigenvalue weighted by molar-refractivity contribution is -0.0498. The number of ether oxygens (including phenoxy) is 2. The van der Waals surface area contributed by atoms with Crippen molar-refractivity contribution in [3.8, 4) is 17.2 Å². The Labute approximate surface area is 185 Å². The molecule has 0 saturated heterocycles. The molecule has 160 valence electrons. The van der Waals surface area contributed by atoms with Crippen molar-refractivity contribution in [1.82, 2.24) is 5.32 Å². The van der Waals surface area contributed by atoms with Gasteiger partial charge in [0.05, 0.1) is 15.6 Å². The van der Waals surface area contributed by atoms with Crippen LogP contribution in [0.1, 0.15) is 10.4 Å². The van der Waals surface area contributed by atoms with Gasteiger partial charge in [-0.3, -0.25) is 10.1 Å². The molecule has 0 fully saturated rings. The predicted molar refractivity (Wildman–Crippen MR) is 113 cm³/mol. The Bertz CT molecular complexity index is 1090. The molecule has 0 bridgehead atoms. The summed E-state index contributed by atoms with van der Waals surface area (Å²) in [5.41, 5.74) is 0.466. The number of carbonyl (C=O) groups excluding carboxylic acids is 2. The Balaban J connectivity index is 1.60. The van der Waals surface area contributed by atoms with Crippen molar-refractivity contribution in [2.45, 2.75) is 6.61 Å². The molecule has 0 radical (unpaired) electrons. The summed E-state index contributed by atoms with van der Waals surface area (Å²) < 4.78 is 34.2. The van der Waals surface area contributed by atoms with Gasteiger partial charge in [-0.1, -0.05) is 35.3 Å². The van der Waals surface area contributed by atoms with Gasteiger partial charge < -0.3 is 14.8 Å². The molecule has 0 saturated carbocycles. The van der Waals surface area contributed by atoms with E-state index in [1.807, 2.05) is 0 Å². The second kappa shape index (κ2) is 10.1. The van der Waals surface area contributed by atoms with E-state index in [1.165, 1.54) is 54.6 Å². The first-order valence-electron chi connectivity index (χ1n) is 8.71. The summed E-state index contributed by atoms with van der Waals surface area (Å²) in [6.45, 7) is -2.92. The molecule has 0 aromatic heterocycles. The molecule has 0 aliphatic carbocycles. The summed E-state index contributed by atoms with van der Waals surface area (Å²) in [5, 5.41) is 5.03. The van der Waals surface area contributed by atoms with Gasteiger partial charge in [-0.15, -0.1) is 0 Å². The van der Waals surface area contributed by atoms with Gasteiger partial charge in [-0.25, -0.2) is 4.79 Å². The highest BCUT2D eigenvalue weighted by molar-refractivity contribution is 6.34. The van der Waals surface area contributed by atoms with Gasteiger partial charge in [0.15, 0.2) is 0 Å². The van der Waals surface area contributed by atoms with Crippen molar-refractivity contribution in [3.05, 3.63) is 82.3 Å². The Morgan fingerprint density at radius 2 is 1.55 bits per heavy atom. The van der Waals surface area contributed by atoms with Gasteiger partial charge in [-0.05, 0) is 54.6 Å². The van der Waals surface area contributed by atoms with Crippen molar-refractivity contribution < 1.29 is 27.8 Å². The van der Waals surface area contributed by atoms with Crippen LogP contribution in [-0.4, -0.2) is 18.5 Å². The fourth-order valence-corrected chi connectivity index (χ4v) is 2.90. The van der Waals surface area contributed by atoms with Crippen LogP contribution >= 0.6 is 23.2 Å². The molecule has 3 aromatic rings. The maximum absolute atomic E-state index is 12.2. The first kappa shape index (κ1) is 22.3. The SMILES string of the molecule is O=C(NC(=O)c1ccccc1Cl)Nc1ccc(Oc2ccc(OC(F)F)cc2)c(Cl)c1. The Morgan fingerprint density at radius 1 is 0.871 bits per heavy atom. The molecule has 0 atom stereocenters. The number of rotatable bonds is 6. The first-order valence-corrected chi connectivity index (χ1v) is 9.46. The van der Waals surface area contributed by atoms with Gasteiger partial charge in [0.25, 0.3) is 5.91 Å². The minimum atomic E-state index is -2.92. The monoisotopic (exact) mass is 466 g/mol. The van der Waals surface area contributed by atoms with Crippen LogP contribution < -0.4 is 20.1 Å². The van der Waals surface area contributed by atoms with Gasteiger partial charge >= 0.3 is 12.6 Å². The van der Waals surface area contributed by atoms with E-state index < -0.39 is 18.5 Å². The third kappa shape index (κ3) is 6.31. The molecule has 0 unspecified atom stereocenters. The molecule has 3 aromatic carbocycles. The zero-order valence-corrected chi connectivity index (χ0v) is 17.1. The highest BCUT2D eigenvalue weighted by Gasteiger charge is 2.14. The van der Waals surface area contributed by atoms with E-state index in [-0.39, 0.29) is 27.1 Å². The van der Waals surface area contributed by atoms with E-state index in [0.717, 1.165) is 0 Å². The van der Waals surface area contributed by atoms with Crippen LogP contribution in [0.2, 0.25) is 10.0 Å². The van der Waals surface area contributed by atoms with E-state index in [2.05, 4.69) is 15.4 Å². The summed E-state index contributed by atoms with van der Waals surface area (Å²) in [5.74, 6) is -0.0617. The summed E-state index contributed by atoms with van der Waals surface area (Å²) in [4.78, 5) is 24.2. The van der Waals surface area contributed by atoms with E-state index in [4.69, 9.17) is 27.9 Å². The van der Waals surface area contributed by atoms with Crippen LogP contribution in [0, 0.1) is 0 Å². The van der Waals surface area contributed by atoms with E-state index >= 15 is 0 Å². The van der Waals surface area contributed by atoms with Crippen molar-refractivity contribution in [1.29, 1.82) is 0 Å². The molecule has 3 rings (SSSR count). The summed E-state index contributed by atoms with van der Waals surface area (Å²) in [7, 11) is 0. The van der Waals surface area contributed by atoms with Gasteiger partial charge in [0, 0.05) is 5.69 Å². The van der Waals surface area contributed by atoms with Crippen molar-refractivity contribution in [2.75, 3.05) is 5.32 Å². The number of carbonyl (C=O) groups is 2. The zero-order valence-electron chi connectivity index (χ0n) is 15.6. The zero-order chi connectivity index (χ0) is 22.4. The summed E-state index contributed by atoms with van der Waals surface area (Å²) >= 11 is 12.1. The Hall–Kier alpha value is -3.36. The minimum Gasteiger partial charge on any atom is -0.456 e. The smallest absolute Gasteiger partial charge is 0.387 e. The van der Waals surface area contributed by atoms with Crippen LogP contribution in [-0.2, 0) is 0 Å². The fourth-order valence-electron chi connectivity index (χ4n) is 2.46. The molecule has 0 heterocycles. The Kier molecular flexibility index (Phi) is 7.28. The third-order valence-electron chi connectivity index (χ3n) is 3.81. The highest BCUT2D eigenvalue weighted by atomic mass is 35.5. The topological polar surface area (TPSA) is 76.7 Å². The van der Waals surface area contributed by atoms with Crippen molar-refractivity contribution >= 4 is 40.8 Å². The molecular formula is C21H14Cl2F2N2O4. The molecular weight excluding hydrogens is 453 g/mol. The molecule has 0 aliphatic heterocycles. The standard InChI is InChI=1S/C21H14Cl2F2N2O4/c22-16-4-2-1-3-15(16)19(28)27-21(29)26-12-5-10-18(17(23)11-12)30-13-6-8-14(9-7-13)31-20(24)25/h1-11,20H,(H2,26,27,28,29). The van der Waals surface area contributed by atoms with Crippen LogP contribution in [0.25, 0.3) is 0 Å². The van der Waals surface area contributed by atoms with E-state index in [0.29, 0.717) is 11.4 Å². The Morgan fingerprint density at radius 3 is 2.19 bits per heavy atom. The number of hydrogen-bond acceptors (Lipinski definition) is 4. The second-order valence-corrected chi connectivity index (χ2v) is 6.80. The largest absolute Gasteiger partial charge is 0.456 e. The average molecular weight is 467 g/mol.